The highest BCUT2D eigenvalue weighted by Gasteiger charge is 2.26. The highest BCUT2D eigenvalue weighted by atomic mass is 16.5. The largest absolute Gasteiger partial charge is 0.359 e. The summed E-state index contributed by atoms with van der Waals surface area (Å²) in [6, 6.07) is 10.6. The summed E-state index contributed by atoms with van der Waals surface area (Å²) in [5.41, 5.74) is 3.73. The summed E-state index contributed by atoms with van der Waals surface area (Å²) >= 11 is 0. The summed E-state index contributed by atoms with van der Waals surface area (Å²) < 4.78 is 5.24. The lowest BCUT2D eigenvalue weighted by Gasteiger charge is -2.21. The van der Waals surface area contributed by atoms with Crippen molar-refractivity contribution in [3.8, 4) is 0 Å². The van der Waals surface area contributed by atoms with Gasteiger partial charge in [-0.2, -0.15) is 0 Å². The molecule has 0 radical (unpaired) electrons. The Morgan fingerprint density at radius 3 is 2.91 bits per heavy atom. The molecule has 1 aromatic carbocycles. The van der Waals surface area contributed by atoms with Gasteiger partial charge in [-0.05, 0) is 31.4 Å². The lowest BCUT2D eigenvalue weighted by molar-refractivity contribution is 0.373. The smallest absolute Gasteiger partial charge is 0.194 e. The Balaban J connectivity index is 1.61. The summed E-state index contributed by atoms with van der Waals surface area (Å²) in [6.07, 6.45) is 1.16. The Morgan fingerprint density at radius 1 is 1.39 bits per heavy atom. The van der Waals surface area contributed by atoms with Crippen molar-refractivity contribution < 1.29 is 4.52 Å². The third kappa shape index (κ3) is 3.55. The first-order chi connectivity index (χ1) is 11.2. The van der Waals surface area contributed by atoms with Crippen LogP contribution in [0.4, 0.5) is 0 Å². The minimum atomic E-state index is 0.572. The number of hydrogen-bond acceptors (Lipinski definition) is 3. The number of aliphatic imine (C=N–C) groups is 1. The molecular formula is C18H24N4O. The minimum absolute atomic E-state index is 0.572. The molecule has 1 fully saturated rings. The van der Waals surface area contributed by atoms with E-state index in [0.29, 0.717) is 12.5 Å². The van der Waals surface area contributed by atoms with Crippen molar-refractivity contribution in [3.63, 3.8) is 0 Å². The van der Waals surface area contributed by atoms with Crippen LogP contribution in [-0.4, -0.2) is 36.2 Å². The van der Waals surface area contributed by atoms with Gasteiger partial charge in [0, 0.05) is 32.1 Å². The fourth-order valence-electron chi connectivity index (χ4n) is 3.25. The molecule has 23 heavy (non-hydrogen) atoms. The fourth-order valence-corrected chi connectivity index (χ4v) is 3.25. The third-order valence-corrected chi connectivity index (χ3v) is 4.43. The van der Waals surface area contributed by atoms with E-state index in [9.17, 15) is 0 Å². The molecule has 3 rings (SSSR count). The number of likely N-dealkylation sites (tertiary alicyclic amines) is 1. The van der Waals surface area contributed by atoms with Crippen molar-refractivity contribution in [2.45, 2.75) is 32.7 Å². The maximum atomic E-state index is 5.24. The molecule has 2 aromatic rings. The molecule has 1 saturated heterocycles. The number of aryl methyl sites for hydroxylation is 2. The van der Waals surface area contributed by atoms with Crippen LogP contribution < -0.4 is 5.32 Å². The average Bonchev–Trinajstić information content (AvgIpc) is 3.18. The highest BCUT2D eigenvalue weighted by molar-refractivity contribution is 5.80. The maximum Gasteiger partial charge on any atom is 0.194 e. The first-order valence-electron chi connectivity index (χ1n) is 8.10. The van der Waals surface area contributed by atoms with E-state index in [-0.39, 0.29) is 0 Å². The Morgan fingerprint density at radius 2 is 2.22 bits per heavy atom. The number of guanidine groups is 1. The molecule has 5 nitrogen and oxygen atoms in total. The molecule has 1 aliphatic heterocycles. The second-order valence-corrected chi connectivity index (χ2v) is 6.12. The topological polar surface area (TPSA) is 53.7 Å². The molecule has 0 saturated carbocycles. The standard InChI is InChI=1S/C18H24N4O/c1-13-6-4-5-7-17(13)15-8-9-22(12-15)18(19-3)20-11-16-10-14(2)21-23-16/h4-7,10,15H,8-9,11-12H2,1-3H3,(H,19,20). The molecule has 5 heteroatoms. The predicted octanol–water partition coefficient (Wildman–Crippen LogP) is 2.86. The molecule has 1 atom stereocenters. The van der Waals surface area contributed by atoms with Gasteiger partial charge in [-0.15, -0.1) is 0 Å². The molecule has 122 valence electrons. The van der Waals surface area contributed by atoms with Crippen molar-refractivity contribution in [1.82, 2.24) is 15.4 Å². The summed E-state index contributed by atoms with van der Waals surface area (Å²) in [7, 11) is 1.83. The van der Waals surface area contributed by atoms with Crippen molar-refractivity contribution in [2.24, 2.45) is 4.99 Å². The van der Waals surface area contributed by atoms with Crippen LogP contribution in [0.2, 0.25) is 0 Å². The Kier molecular flexibility index (Phi) is 4.65. The Hall–Kier alpha value is -2.30. The maximum absolute atomic E-state index is 5.24. The molecule has 2 heterocycles. The van der Waals surface area contributed by atoms with Crippen molar-refractivity contribution in [2.75, 3.05) is 20.1 Å². The van der Waals surface area contributed by atoms with Crippen molar-refractivity contribution in [1.29, 1.82) is 0 Å². The minimum Gasteiger partial charge on any atom is -0.359 e. The fraction of sp³-hybridized carbons (Fsp3) is 0.444. The average molecular weight is 312 g/mol. The highest BCUT2D eigenvalue weighted by Crippen LogP contribution is 2.29. The number of rotatable bonds is 3. The number of nitrogens with zero attached hydrogens (tertiary/aromatic N) is 3. The van der Waals surface area contributed by atoms with Crippen LogP contribution in [0.5, 0.6) is 0 Å². The van der Waals surface area contributed by atoms with Gasteiger partial charge >= 0.3 is 0 Å². The summed E-state index contributed by atoms with van der Waals surface area (Å²) in [6.45, 7) is 6.75. The number of benzene rings is 1. The van der Waals surface area contributed by atoms with E-state index < -0.39 is 0 Å². The third-order valence-electron chi connectivity index (χ3n) is 4.43. The van der Waals surface area contributed by atoms with E-state index in [1.807, 2.05) is 20.0 Å². The number of nitrogens with one attached hydrogen (secondary N) is 1. The number of aromatic nitrogens is 1. The molecule has 0 amide bonds. The molecule has 1 N–H and O–H groups in total. The van der Waals surface area contributed by atoms with Gasteiger partial charge in [-0.3, -0.25) is 4.99 Å². The van der Waals surface area contributed by atoms with Gasteiger partial charge in [0.2, 0.25) is 0 Å². The molecule has 1 unspecified atom stereocenters. The quantitative estimate of drug-likeness (QED) is 0.699. The second-order valence-electron chi connectivity index (χ2n) is 6.12. The second kappa shape index (κ2) is 6.86. The van der Waals surface area contributed by atoms with Crippen LogP contribution in [-0.2, 0) is 6.54 Å². The molecule has 0 spiro atoms. The van der Waals surface area contributed by atoms with Gasteiger partial charge in [-0.1, -0.05) is 29.4 Å². The van der Waals surface area contributed by atoms with E-state index in [0.717, 1.165) is 36.9 Å². The van der Waals surface area contributed by atoms with Gasteiger partial charge in [0.15, 0.2) is 11.7 Å². The van der Waals surface area contributed by atoms with Crippen LogP contribution in [0, 0.1) is 13.8 Å². The zero-order chi connectivity index (χ0) is 16.2. The molecule has 1 aromatic heterocycles. The van der Waals surface area contributed by atoms with E-state index in [4.69, 9.17) is 4.52 Å². The van der Waals surface area contributed by atoms with E-state index in [2.05, 4.69) is 51.6 Å². The van der Waals surface area contributed by atoms with Gasteiger partial charge in [0.1, 0.15) is 0 Å². The van der Waals surface area contributed by atoms with Crippen LogP contribution in [0.15, 0.2) is 39.8 Å². The predicted molar refractivity (Wildman–Crippen MR) is 91.5 cm³/mol. The van der Waals surface area contributed by atoms with E-state index in [1.54, 1.807) is 0 Å². The molecule has 0 bridgehead atoms. The first-order valence-corrected chi connectivity index (χ1v) is 8.10. The van der Waals surface area contributed by atoms with Gasteiger partial charge < -0.3 is 14.7 Å². The zero-order valence-electron chi connectivity index (χ0n) is 14.0. The van der Waals surface area contributed by atoms with Gasteiger partial charge in [0.05, 0.1) is 12.2 Å². The lowest BCUT2D eigenvalue weighted by atomic mass is 9.94. The first kappa shape index (κ1) is 15.6. The summed E-state index contributed by atoms with van der Waals surface area (Å²) in [5, 5.41) is 7.28. The van der Waals surface area contributed by atoms with Crippen LogP contribution in [0.1, 0.15) is 34.9 Å². The van der Waals surface area contributed by atoms with Crippen LogP contribution in [0.25, 0.3) is 0 Å². The number of hydrogen-bond donors (Lipinski definition) is 1. The van der Waals surface area contributed by atoms with Crippen molar-refractivity contribution >= 4 is 5.96 Å². The molecular weight excluding hydrogens is 288 g/mol. The SMILES string of the molecule is CN=C(NCc1cc(C)no1)N1CCC(c2ccccc2C)C1. The Bertz CT molecular complexity index is 692. The van der Waals surface area contributed by atoms with Crippen molar-refractivity contribution in [3.05, 3.63) is 52.9 Å². The van der Waals surface area contributed by atoms with Gasteiger partial charge in [-0.25, -0.2) is 0 Å². The van der Waals surface area contributed by atoms with E-state index in [1.165, 1.54) is 11.1 Å². The van der Waals surface area contributed by atoms with E-state index >= 15 is 0 Å². The Labute approximate surface area is 137 Å². The van der Waals surface area contributed by atoms with Crippen LogP contribution in [0.3, 0.4) is 0 Å². The molecule has 1 aliphatic rings. The normalized spacial score (nSPS) is 18.5. The summed E-state index contributed by atoms with van der Waals surface area (Å²) in [4.78, 5) is 6.73. The lowest BCUT2D eigenvalue weighted by Crippen LogP contribution is -2.39. The van der Waals surface area contributed by atoms with Crippen LogP contribution >= 0.6 is 0 Å². The van der Waals surface area contributed by atoms with Gasteiger partial charge in [0.25, 0.3) is 0 Å². The molecule has 0 aliphatic carbocycles. The zero-order valence-corrected chi connectivity index (χ0v) is 14.0. The monoisotopic (exact) mass is 312 g/mol. The summed E-state index contributed by atoms with van der Waals surface area (Å²) in [5.74, 6) is 2.33.